The van der Waals surface area contributed by atoms with E-state index in [4.69, 9.17) is 11.6 Å². The second-order valence-corrected chi connectivity index (χ2v) is 4.16. The molecule has 1 aromatic carbocycles. The summed E-state index contributed by atoms with van der Waals surface area (Å²) in [6.45, 7) is 1.92. The first-order chi connectivity index (χ1) is 8.58. The van der Waals surface area contributed by atoms with Crippen LogP contribution in [0.15, 0.2) is 24.3 Å². The van der Waals surface area contributed by atoms with Gasteiger partial charge in [-0.3, -0.25) is 9.59 Å². The lowest BCUT2D eigenvalue weighted by Gasteiger charge is -2.19. The minimum Gasteiger partial charge on any atom is -0.469 e. The maximum absolute atomic E-state index is 11.4. The van der Waals surface area contributed by atoms with E-state index in [1.165, 1.54) is 7.11 Å². The molecule has 18 heavy (non-hydrogen) atoms. The molecule has 0 spiro atoms. The number of hydrogen-bond donors (Lipinski definition) is 1. The maximum Gasteiger partial charge on any atom is 0.307 e. The van der Waals surface area contributed by atoms with Gasteiger partial charge < -0.3 is 10.1 Å². The molecule has 0 aliphatic heterocycles. The van der Waals surface area contributed by atoms with Crippen molar-refractivity contribution in [2.75, 3.05) is 13.0 Å². The van der Waals surface area contributed by atoms with Crippen molar-refractivity contribution < 1.29 is 14.3 Å². The summed E-state index contributed by atoms with van der Waals surface area (Å²) >= 11 is 5.47. The number of halogens is 1. The molecule has 1 rings (SSSR count). The van der Waals surface area contributed by atoms with Gasteiger partial charge in [-0.1, -0.05) is 24.3 Å². The molecule has 0 unspecified atom stereocenters. The van der Waals surface area contributed by atoms with Crippen LogP contribution in [-0.4, -0.2) is 24.9 Å². The Morgan fingerprint density at radius 1 is 1.39 bits per heavy atom. The SMILES string of the molecule is COC(=O)C[C@H](NC(=O)CCl)c1ccccc1C. The van der Waals surface area contributed by atoms with E-state index in [-0.39, 0.29) is 24.2 Å². The lowest BCUT2D eigenvalue weighted by Crippen LogP contribution is -2.31. The number of methoxy groups -OCH3 is 1. The van der Waals surface area contributed by atoms with Gasteiger partial charge in [0, 0.05) is 0 Å². The standard InChI is InChI=1S/C13H16ClNO3/c1-9-5-3-4-6-10(9)11(7-13(17)18-2)15-12(16)8-14/h3-6,11H,7-8H2,1-2H3,(H,15,16)/t11-/m0/s1. The lowest BCUT2D eigenvalue weighted by molar-refractivity contribution is -0.141. The van der Waals surface area contributed by atoms with Crippen LogP contribution in [0.25, 0.3) is 0 Å². The lowest BCUT2D eigenvalue weighted by atomic mass is 9.99. The van der Waals surface area contributed by atoms with Crippen LogP contribution in [0.5, 0.6) is 0 Å². The number of alkyl halides is 1. The highest BCUT2D eigenvalue weighted by Crippen LogP contribution is 2.21. The monoisotopic (exact) mass is 269 g/mol. The van der Waals surface area contributed by atoms with E-state index >= 15 is 0 Å². The summed E-state index contributed by atoms with van der Waals surface area (Å²) < 4.78 is 4.63. The summed E-state index contributed by atoms with van der Waals surface area (Å²) in [5.41, 5.74) is 1.89. The second-order valence-electron chi connectivity index (χ2n) is 3.89. The van der Waals surface area contributed by atoms with E-state index in [0.29, 0.717) is 0 Å². The van der Waals surface area contributed by atoms with Crippen LogP contribution in [-0.2, 0) is 14.3 Å². The summed E-state index contributed by atoms with van der Waals surface area (Å²) in [6.07, 6.45) is 0.0873. The Balaban J connectivity index is 2.93. The third-order valence-electron chi connectivity index (χ3n) is 2.62. The summed E-state index contributed by atoms with van der Waals surface area (Å²) in [6, 6.07) is 7.14. The van der Waals surface area contributed by atoms with Crippen LogP contribution in [0.3, 0.4) is 0 Å². The van der Waals surface area contributed by atoms with Gasteiger partial charge in [-0.15, -0.1) is 11.6 Å². The topological polar surface area (TPSA) is 55.4 Å². The number of ether oxygens (including phenoxy) is 1. The Hall–Kier alpha value is -1.55. The Labute approximate surface area is 111 Å². The molecule has 1 N–H and O–H groups in total. The van der Waals surface area contributed by atoms with E-state index < -0.39 is 6.04 Å². The van der Waals surface area contributed by atoms with Crippen molar-refractivity contribution in [3.05, 3.63) is 35.4 Å². The van der Waals surface area contributed by atoms with Crippen molar-refractivity contribution in [2.45, 2.75) is 19.4 Å². The molecule has 1 atom stereocenters. The van der Waals surface area contributed by atoms with Crippen molar-refractivity contribution in [3.8, 4) is 0 Å². The largest absolute Gasteiger partial charge is 0.469 e. The smallest absolute Gasteiger partial charge is 0.307 e. The molecule has 0 aliphatic rings. The number of carbonyl (C=O) groups excluding carboxylic acids is 2. The first-order valence-electron chi connectivity index (χ1n) is 5.56. The zero-order valence-corrected chi connectivity index (χ0v) is 11.2. The third-order valence-corrected chi connectivity index (χ3v) is 2.86. The fraction of sp³-hybridized carbons (Fsp3) is 0.385. The summed E-state index contributed by atoms with van der Waals surface area (Å²) in [4.78, 5) is 22.8. The molecule has 98 valence electrons. The van der Waals surface area contributed by atoms with Gasteiger partial charge in [-0.25, -0.2) is 0 Å². The molecule has 0 saturated heterocycles. The highest BCUT2D eigenvalue weighted by molar-refractivity contribution is 6.27. The highest BCUT2D eigenvalue weighted by atomic mass is 35.5. The highest BCUT2D eigenvalue weighted by Gasteiger charge is 2.19. The second kappa shape index (κ2) is 7.01. The van der Waals surface area contributed by atoms with E-state index in [1.54, 1.807) is 0 Å². The number of benzene rings is 1. The van der Waals surface area contributed by atoms with Crippen LogP contribution in [0, 0.1) is 6.92 Å². The Bertz CT molecular complexity index is 416. The van der Waals surface area contributed by atoms with Crippen LogP contribution >= 0.6 is 11.6 Å². The minimum absolute atomic E-state index is 0.0873. The number of esters is 1. The first kappa shape index (κ1) is 14.5. The predicted octanol–water partition coefficient (Wildman–Crippen LogP) is 1.95. The molecular weight excluding hydrogens is 254 g/mol. The zero-order valence-electron chi connectivity index (χ0n) is 10.4. The van der Waals surface area contributed by atoms with Gasteiger partial charge in [0.15, 0.2) is 0 Å². The molecule has 4 nitrogen and oxygen atoms in total. The zero-order chi connectivity index (χ0) is 13.5. The van der Waals surface area contributed by atoms with Crippen molar-refractivity contribution >= 4 is 23.5 Å². The van der Waals surface area contributed by atoms with Crippen molar-refractivity contribution in [3.63, 3.8) is 0 Å². The van der Waals surface area contributed by atoms with Crippen molar-refractivity contribution in [1.82, 2.24) is 5.32 Å². The van der Waals surface area contributed by atoms with Gasteiger partial charge in [-0.05, 0) is 18.1 Å². The summed E-state index contributed by atoms with van der Waals surface area (Å²) in [5.74, 6) is -0.823. The molecule has 0 bridgehead atoms. The molecule has 0 saturated carbocycles. The van der Waals surface area contributed by atoms with Gasteiger partial charge in [-0.2, -0.15) is 0 Å². The number of rotatable bonds is 5. The quantitative estimate of drug-likeness (QED) is 0.657. The molecule has 0 heterocycles. The van der Waals surface area contributed by atoms with E-state index in [1.807, 2.05) is 31.2 Å². The average molecular weight is 270 g/mol. The predicted molar refractivity (Wildman–Crippen MR) is 69.4 cm³/mol. The molecule has 1 amide bonds. The number of hydrogen-bond acceptors (Lipinski definition) is 3. The van der Waals surface area contributed by atoms with Gasteiger partial charge in [0.05, 0.1) is 19.6 Å². The molecule has 5 heteroatoms. The van der Waals surface area contributed by atoms with Gasteiger partial charge >= 0.3 is 5.97 Å². The average Bonchev–Trinajstić information content (AvgIpc) is 2.38. The van der Waals surface area contributed by atoms with E-state index in [2.05, 4.69) is 10.1 Å². The molecule has 0 aromatic heterocycles. The van der Waals surface area contributed by atoms with Crippen molar-refractivity contribution in [2.24, 2.45) is 0 Å². The third kappa shape index (κ3) is 4.04. The van der Waals surface area contributed by atoms with Gasteiger partial charge in [0.25, 0.3) is 0 Å². The fourth-order valence-electron chi connectivity index (χ4n) is 1.70. The maximum atomic E-state index is 11.4. The van der Waals surface area contributed by atoms with Gasteiger partial charge in [0.2, 0.25) is 5.91 Å². The van der Waals surface area contributed by atoms with Crippen LogP contribution in [0.1, 0.15) is 23.6 Å². The number of aryl methyl sites for hydroxylation is 1. The van der Waals surface area contributed by atoms with Crippen molar-refractivity contribution in [1.29, 1.82) is 0 Å². The molecule has 1 aromatic rings. The molecule has 0 fully saturated rings. The molecule has 0 radical (unpaired) electrons. The van der Waals surface area contributed by atoms with Gasteiger partial charge in [0.1, 0.15) is 5.88 Å². The fourth-order valence-corrected chi connectivity index (χ4v) is 1.78. The molecule has 0 aliphatic carbocycles. The van der Waals surface area contributed by atoms with Crippen LogP contribution in [0.2, 0.25) is 0 Å². The van der Waals surface area contributed by atoms with E-state index in [9.17, 15) is 9.59 Å². The minimum atomic E-state index is -0.412. The first-order valence-corrected chi connectivity index (χ1v) is 6.09. The number of amides is 1. The number of carbonyl (C=O) groups is 2. The van der Waals surface area contributed by atoms with Crippen LogP contribution < -0.4 is 5.32 Å². The molecular formula is C13H16ClNO3. The Morgan fingerprint density at radius 2 is 2.06 bits per heavy atom. The Kier molecular flexibility index (Phi) is 5.65. The number of nitrogens with one attached hydrogen (secondary N) is 1. The Morgan fingerprint density at radius 3 is 2.61 bits per heavy atom. The summed E-state index contributed by atoms with van der Waals surface area (Å²) in [7, 11) is 1.32. The van der Waals surface area contributed by atoms with Crippen LogP contribution in [0.4, 0.5) is 0 Å². The van der Waals surface area contributed by atoms with E-state index in [0.717, 1.165) is 11.1 Å². The normalized spacial score (nSPS) is 11.7. The summed E-state index contributed by atoms with van der Waals surface area (Å²) in [5, 5.41) is 2.72.